The van der Waals surface area contributed by atoms with Gasteiger partial charge in [-0.15, -0.1) is 0 Å². The van der Waals surface area contributed by atoms with Crippen molar-refractivity contribution in [1.82, 2.24) is 24.9 Å². The standard InChI is InChI=1S/C21H24FN5O3/c1-13(21(2,3)30)24-19(28)17-9-18(15-7-5-14(10-22)6-8-15)25-27(20(17)29)16-11-23-26(4)12-16/h5-9,11-13,30H,10H2,1-4H3,(H,24,28)/t13-/m0/s1. The topological polar surface area (TPSA) is 102 Å². The van der Waals surface area contributed by atoms with Gasteiger partial charge in [0.1, 0.15) is 17.9 Å². The van der Waals surface area contributed by atoms with Gasteiger partial charge in [0.15, 0.2) is 0 Å². The molecule has 3 rings (SSSR count). The average molecular weight is 413 g/mol. The van der Waals surface area contributed by atoms with E-state index in [1.165, 1.54) is 16.9 Å². The Morgan fingerprint density at radius 1 is 1.30 bits per heavy atom. The molecule has 1 amide bonds. The van der Waals surface area contributed by atoms with Crippen LogP contribution in [0.15, 0.2) is 47.5 Å². The van der Waals surface area contributed by atoms with Crippen LogP contribution in [0.5, 0.6) is 0 Å². The number of rotatable bonds is 6. The van der Waals surface area contributed by atoms with Gasteiger partial charge in [-0.3, -0.25) is 14.3 Å². The summed E-state index contributed by atoms with van der Waals surface area (Å²) in [7, 11) is 1.70. The van der Waals surface area contributed by atoms with Gasteiger partial charge < -0.3 is 10.4 Å². The van der Waals surface area contributed by atoms with E-state index in [0.29, 0.717) is 22.5 Å². The molecule has 2 aromatic heterocycles. The maximum absolute atomic E-state index is 13.0. The van der Waals surface area contributed by atoms with Crippen LogP contribution in [-0.2, 0) is 13.7 Å². The molecule has 1 aromatic carbocycles. The minimum Gasteiger partial charge on any atom is -0.388 e. The van der Waals surface area contributed by atoms with E-state index in [0.717, 1.165) is 4.68 Å². The number of alkyl halides is 1. The van der Waals surface area contributed by atoms with Crippen molar-refractivity contribution < 1.29 is 14.3 Å². The molecule has 8 nitrogen and oxygen atoms in total. The Morgan fingerprint density at radius 3 is 2.50 bits per heavy atom. The van der Waals surface area contributed by atoms with Crippen LogP contribution < -0.4 is 10.9 Å². The first-order chi connectivity index (χ1) is 14.1. The Labute approximate surface area is 173 Å². The van der Waals surface area contributed by atoms with E-state index in [4.69, 9.17) is 0 Å². The second-order valence-corrected chi connectivity index (χ2v) is 7.71. The van der Waals surface area contributed by atoms with Crippen LogP contribution in [-0.4, -0.2) is 42.2 Å². The highest BCUT2D eigenvalue weighted by Crippen LogP contribution is 2.19. The van der Waals surface area contributed by atoms with Crippen molar-refractivity contribution in [1.29, 1.82) is 0 Å². The molecule has 2 N–H and O–H groups in total. The van der Waals surface area contributed by atoms with Gasteiger partial charge in [-0.1, -0.05) is 24.3 Å². The summed E-state index contributed by atoms with van der Waals surface area (Å²) in [6, 6.07) is 7.38. The van der Waals surface area contributed by atoms with E-state index >= 15 is 0 Å². The molecular weight excluding hydrogens is 389 g/mol. The number of nitrogens with zero attached hydrogens (tertiary/aromatic N) is 4. The average Bonchev–Trinajstić information content (AvgIpc) is 3.13. The predicted octanol–water partition coefficient (Wildman–Crippen LogP) is 1.99. The lowest BCUT2D eigenvalue weighted by atomic mass is 10.0. The summed E-state index contributed by atoms with van der Waals surface area (Å²) in [6.07, 6.45) is 3.07. The van der Waals surface area contributed by atoms with Crippen LogP contribution in [0.2, 0.25) is 0 Å². The number of hydrogen-bond acceptors (Lipinski definition) is 5. The maximum Gasteiger partial charge on any atom is 0.284 e. The number of amides is 1. The Bertz CT molecular complexity index is 1110. The molecule has 30 heavy (non-hydrogen) atoms. The third kappa shape index (κ3) is 4.46. The summed E-state index contributed by atoms with van der Waals surface area (Å²) in [5, 5.41) is 21.2. The number of nitrogens with one attached hydrogen (secondary N) is 1. The summed E-state index contributed by atoms with van der Waals surface area (Å²) in [5.41, 5.74) is -0.0251. The third-order valence-corrected chi connectivity index (χ3v) is 4.90. The monoisotopic (exact) mass is 413 g/mol. The number of carbonyl (C=O) groups is 1. The maximum atomic E-state index is 13.0. The molecule has 3 aromatic rings. The van der Waals surface area contributed by atoms with Crippen LogP contribution in [0.25, 0.3) is 16.9 Å². The fourth-order valence-corrected chi connectivity index (χ4v) is 2.71. The van der Waals surface area contributed by atoms with Gasteiger partial charge >= 0.3 is 0 Å². The number of benzene rings is 1. The normalized spacial score (nSPS) is 12.6. The van der Waals surface area contributed by atoms with E-state index in [2.05, 4.69) is 15.5 Å². The van der Waals surface area contributed by atoms with Crippen LogP contribution in [0, 0.1) is 0 Å². The van der Waals surface area contributed by atoms with Crippen molar-refractivity contribution in [2.75, 3.05) is 0 Å². The second-order valence-electron chi connectivity index (χ2n) is 7.71. The first-order valence-electron chi connectivity index (χ1n) is 9.42. The van der Waals surface area contributed by atoms with E-state index in [-0.39, 0.29) is 5.56 Å². The van der Waals surface area contributed by atoms with Crippen molar-refractivity contribution in [2.45, 2.75) is 39.1 Å². The first-order valence-corrected chi connectivity index (χ1v) is 9.42. The quantitative estimate of drug-likeness (QED) is 0.644. The van der Waals surface area contributed by atoms with E-state index in [1.54, 1.807) is 58.3 Å². The summed E-state index contributed by atoms with van der Waals surface area (Å²) in [6.45, 7) is 4.19. The van der Waals surface area contributed by atoms with Crippen molar-refractivity contribution in [3.05, 3.63) is 64.2 Å². The first kappa shape index (κ1) is 21.4. The minimum atomic E-state index is -1.17. The van der Waals surface area contributed by atoms with E-state index in [9.17, 15) is 19.1 Å². The fourth-order valence-electron chi connectivity index (χ4n) is 2.71. The number of aliphatic hydroxyl groups is 1. The Hall–Kier alpha value is -3.33. The number of halogens is 1. The molecule has 0 saturated carbocycles. The van der Waals surface area contributed by atoms with Crippen molar-refractivity contribution in [3.63, 3.8) is 0 Å². The summed E-state index contributed by atoms with van der Waals surface area (Å²) in [5.74, 6) is -0.628. The van der Waals surface area contributed by atoms with Gasteiger partial charge in [0.25, 0.3) is 11.5 Å². The molecule has 0 aliphatic carbocycles. The molecule has 9 heteroatoms. The van der Waals surface area contributed by atoms with Gasteiger partial charge in [0.05, 0.1) is 29.7 Å². The zero-order chi connectivity index (χ0) is 22.1. The lowest BCUT2D eigenvalue weighted by Gasteiger charge is -2.26. The Balaban J connectivity index is 2.13. The molecule has 0 unspecified atom stereocenters. The van der Waals surface area contributed by atoms with Crippen molar-refractivity contribution in [3.8, 4) is 16.9 Å². The van der Waals surface area contributed by atoms with Crippen LogP contribution in [0.1, 0.15) is 36.7 Å². The predicted molar refractivity (Wildman–Crippen MR) is 110 cm³/mol. The number of aromatic nitrogens is 4. The second kappa shape index (κ2) is 8.19. The number of carbonyl (C=O) groups excluding carboxylic acids is 1. The van der Waals surface area contributed by atoms with Crippen LogP contribution in [0.4, 0.5) is 4.39 Å². The molecule has 1 atom stereocenters. The van der Waals surface area contributed by atoms with Crippen molar-refractivity contribution >= 4 is 5.91 Å². The number of aryl methyl sites for hydroxylation is 1. The molecular formula is C21H24FN5O3. The Morgan fingerprint density at radius 2 is 1.97 bits per heavy atom. The molecule has 2 heterocycles. The smallest absolute Gasteiger partial charge is 0.284 e. The molecule has 0 fully saturated rings. The fraction of sp³-hybridized carbons (Fsp3) is 0.333. The highest BCUT2D eigenvalue weighted by Gasteiger charge is 2.26. The molecule has 0 aliphatic rings. The number of hydrogen-bond donors (Lipinski definition) is 2. The molecule has 0 aliphatic heterocycles. The molecule has 0 bridgehead atoms. The molecule has 0 saturated heterocycles. The SMILES string of the molecule is C[C@H](NC(=O)c1cc(-c2ccc(CF)cc2)nn(-c2cnn(C)c2)c1=O)C(C)(C)O. The van der Waals surface area contributed by atoms with E-state index < -0.39 is 29.8 Å². The highest BCUT2D eigenvalue weighted by atomic mass is 19.1. The zero-order valence-corrected chi connectivity index (χ0v) is 17.3. The summed E-state index contributed by atoms with van der Waals surface area (Å²) in [4.78, 5) is 25.9. The van der Waals surface area contributed by atoms with Gasteiger partial charge in [0.2, 0.25) is 0 Å². The minimum absolute atomic E-state index is 0.130. The molecule has 0 spiro atoms. The lowest BCUT2D eigenvalue weighted by Crippen LogP contribution is -2.48. The molecule has 158 valence electrons. The highest BCUT2D eigenvalue weighted by molar-refractivity contribution is 5.95. The largest absolute Gasteiger partial charge is 0.388 e. The van der Waals surface area contributed by atoms with Gasteiger partial charge in [0, 0.05) is 12.6 Å². The van der Waals surface area contributed by atoms with Gasteiger partial charge in [-0.05, 0) is 32.4 Å². The zero-order valence-electron chi connectivity index (χ0n) is 17.3. The summed E-state index contributed by atoms with van der Waals surface area (Å²) >= 11 is 0. The lowest BCUT2D eigenvalue weighted by molar-refractivity contribution is 0.0408. The van der Waals surface area contributed by atoms with Crippen LogP contribution >= 0.6 is 0 Å². The van der Waals surface area contributed by atoms with Gasteiger partial charge in [-0.25, -0.2) is 4.39 Å². The Kier molecular flexibility index (Phi) is 5.84. The van der Waals surface area contributed by atoms with Gasteiger partial charge in [-0.2, -0.15) is 14.9 Å². The van der Waals surface area contributed by atoms with E-state index in [1.807, 2.05) is 0 Å². The summed E-state index contributed by atoms with van der Waals surface area (Å²) < 4.78 is 15.5. The van der Waals surface area contributed by atoms with Crippen molar-refractivity contribution in [2.24, 2.45) is 7.05 Å². The molecule has 0 radical (unpaired) electrons. The third-order valence-electron chi connectivity index (χ3n) is 4.90. The van der Waals surface area contributed by atoms with Crippen LogP contribution in [0.3, 0.4) is 0 Å².